The van der Waals surface area contributed by atoms with Crippen molar-refractivity contribution in [2.24, 2.45) is 5.73 Å². The summed E-state index contributed by atoms with van der Waals surface area (Å²) in [5.41, 5.74) is 7.39. The number of halogens is 3. The fourth-order valence-electron chi connectivity index (χ4n) is 2.17. The van der Waals surface area contributed by atoms with E-state index in [1.807, 2.05) is 0 Å². The molecule has 2 rings (SSSR count). The molecule has 8 heteroatoms. The van der Waals surface area contributed by atoms with Crippen molar-refractivity contribution in [2.45, 2.75) is 31.1 Å². The highest BCUT2D eigenvalue weighted by atomic mass is 79.9. The number of sulfone groups is 1. The van der Waals surface area contributed by atoms with Crippen molar-refractivity contribution in [2.75, 3.05) is 6.26 Å². The maximum absolute atomic E-state index is 13.4. The van der Waals surface area contributed by atoms with Crippen LogP contribution in [0.5, 0.6) is 0 Å². The zero-order valence-corrected chi connectivity index (χ0v) is 17.5. The second-order valence-corrected chi connectivity index (χ2v) is 10.1. The molecule has 0 saturated carbocycles. The van der Waals surface area contributed by atoms with Gasteiger partial charge in [0.2, 0.25) is 0 Å². The first-order chi connectivity index (χ1) is 12.4. The largest absolute Gasteiger partial charge is 0.322 e. The van der Waals surface area contributed by atoms with Crippen LogP contribution in [0.15, 0.2) is 34.8 Å². The van der Waals surface area contributed by atoms with Crippen molar-refractivity contribution in [3.8, 4) is 11.8 Å². The van der Waals surface area contributed by atoms with Gasteiger partial charge in [0.1, 0.15) is 22.1 Å². The minimum atomic E-state index is -3.36. The Hall–Kier alpha value is -1.82. The molecule has 0 spiro atoms. The van der Waals surface area contributed by atoms with Gasteiger partial charge in [0, 0.05) is 16.8 Å². The van der Waals surface area contributed by atoms with Crippen LogP contribution in [0, 0.1) is 23.5 Å². The van der Waals surface area contributed by atoms with Gasteiger partial charge in [-0.05, 0) is 71.9 Å². The van der Waals surface area contributed by atoms with E-state index in [-0.39, 0.29) is 6.42 Å². The molecule has 0 aliphatic carbocycles. The van der Waals surface area contributed by atoms with Gasteiger partial charge in [0.25, 0.3) is 0 Å². The summed E-state index contributed by atoms with van der Waals surface area (Å²) in [5, 5.41) is 0. The average molecular weight is 457 g/mol. The lowest BCUT2D eigenvalue weighted by molar-refractivity contribution is 0.575. The van der Waals surface area contributed by atoms with Gasteiger partial charge in [-0.25, -0.2) is 22.2 Å². The van der Waals surface area contributed by atoms with E-state index < -0.39 is 32.3 Å². The van der Waals surface area contributed by atoms with Crippen LogP contribution in [-0.4, -0.2) is 24.4 Å². The second kappa shape index (κ2) is 8.05. The molecular weight excluding hydrogens is 438 g/mol. The molecule has 2 aromatic rings. The zero-order chi connectivity index (χ0) is 20.4. The summed E-state index contributed by atoms with van der Waals surface area (Å²) in [6, 6.07) is 5.93. The first-order valence-corrected chi connectivity index (χ1v) is 10.7. The SMILES string of the molecule is CC(C)(C#Cc1ccc(Br)c([C@@H](N)Cc2cc(F)cc(F)c2)n1)S(C)(=O)=O. The molecule has 144 valence electrons. The summed E-state index contributed by atoms with van der Waals surface area (Å²) >= 11 is 3.36. The molecule has 0 aliphatic heterocycles. The van der Waals surface area contributed by atoms with Crippen LogP contribution in [-0.2, 0) is 16.3 Å². The maximum Gasteiger partial charge on any atom is 0.163 e. The zero-order valence-electron chi connectivity index (χ0n) is 15.1. The fourth-order valence-corrected chi connectivity index (χ4v) is 2.93. The lowest BCUT2D eigenvalue weighted by atomic mass is 10.0. The van der Waals surface area contributed by atoms with Crippen LogP contribution in [0.4, 0.5) is 8.78 Å². The lowest BCUT2D eigenvalue weighted by Crippen LogP contribution is -2.28. The highest BCUT2D eigenvalue weighted by Gasteiger charge is 2.27. The molecule has 0 fully saturated rings. The van der Waals surface area contributed by atoms with Crippen LogP contribution in [0.2, 0.25) is 0 Å². The van der Waals surface area contributed by atoms with E-state index in [4.69, 9.17) is 5.73 Å². The van der Waals surface area contributed by atoms with Crippen molar-refractivity contribution in [1.82, 2.24) is 4.98 Å². The van der Waals surface area contributed by atoms with Gasteiger partial charge < -0.3 is 5.73 Å². The minimum Gasteiger partial charge on any atom is -0.322 e. The van der Waals surface area contributed by atoms with Gasteiger partial charge in [-0.3, -0.25) is 0 Å². The highest BCUT2D eigenvalue weighted by molar-refractivity contribution is 9.10. The molecule has 0 bridgehead atoms. The first kappa shape index (κ1) is 21.5. The van der Waals surface area contributed by atoms with Crippen LogP contribution < -0.4 is 5.73 Å². The van der Waals surface area contributed by atoms with Crippen LogP contribution in [0.1, 0.15) is 36.8 Å². The standard InChI is InChI=1S/C19H19BrF2N2O2S/c1-19(2,27(3,25)26)7-6-15-4-5-16(20)18(24-15)17(23)10-12-8-13(21)11-14(22)9-12/h4-5,8-9,11,17H,10,23H2,1-3H3/t17-/m0/s1. The van der Waals surface area contributed by atoms with Crippen molar-refractivity contribution in [3.63, 3.8) is 0 Å². The minimum absolute atomic E-state index is 0.173. The van der Waals surface area contributed by atoms with Gasteiger partial charge in [-0.1, -0.05) is 5.92 Å². The van der Waals surface area contributed by atoms with E-state index >= 15 is 0 Å². The van der Waals surface area contributed by atoms with Gasteiger partial charge in [0.15, 0.2) is 9.84 Å². The fraction of sp³-hybridized carbons (Fsp3) is 0.316. The Bertz CT molecular complexity index is 1010. The van der Waals surface area contributed by atoms with Crippen LogP contribution in [0.25, 0.3) is 0 Å². The molecule has 0 amide bonds. The van der Waals surface area contributed by atoms with Gasteiger partial charge >= 0.3 is 0 Å². The number of rotatable bonds is 4. The monoisotopic (exact) mass is 456 g/mol. The summed E-state index contributed by atoms with van der Waals surface area (Å²) < 4.78 is 49.6. The van der Waals surface area contributed by atoms with Crippen molar-refractivity contribution >= 4 is 25.8 Å². The third-order valence-electron chi connectivity index (χ3n) is 4.02. The summed E-state index contributed by atoms with van der Waals surface area (Å²) in [6.45, 7) is 3.03. The van der Waals surface area contributed by atoms with E-state index in [1.54, 1.807) is 12.1 Å². The normalized spacial score (nSPS) is 13.0. The summed E-state index contributed by atoms with van der Waals surface area (Å²) in [7, 11) is -3.36. The maximum atomic E-state index is 13.4. The van der Waals surface area contributed by atoms with Crippen molar-refractivity contribution in [3.05, 3.63) is 63.4 Å². The molecule has 1 aromatic heterocycles. The van der Waals surface area contributed by atoms with E-state index in [9.17, 15) is 17.2 Å². The Morgan fingerprint density at radius 1 is 1.22 bits per heavy atom. The quantitative estimate of drug-likeness (QED) is 0.713. The predicted octanol–water partition coefficient (Wildman–Crippen LogP) is 3.54. The first-order valence-electron chi connectivity index (χ1n) is 7.99. The summed E-state index contributed by atoms with van der Waals surface area (Å²) in [5.74, 6) is 4.12. The Morgan fingerprint density at radius 2 is 1.81 bits per heavy atom. The van der Waals surface area contributed by atoms with E-state index in [1.165, 1.54) is 26.0 Å². The van der Waals surface area contributed by atoms with Gasteiger partial charge in [-0.15, -0.1) is 0 Å². The molecule has 1 atom stereocenters. The number of pyridine rings is 1. The topological polar surface area (TPSA) is 73.0 Å². The van der Waals surface area contributed by atoms with Crippen molar-refractivity contribution < 1.29 is 17.2 Å². The summed E-state index contributed by atoms with van der Waals surface area (Å²) in [4.78, 5) is 4.37. The molecule has 0 radical (unpaired) electrons. The molecule has 0 saturated heterocycles. The number of hydrogen-bond donors (Lipinski definition) is 1. The van der Waals surface area contributed by atoms with Crippen LogP contribution in [0.3, 0.4) is 0 Å². The number of nitrogens with two attached hydrogens (primary N) is 1. The molecule has 0 aliphatic rings. The molecule has 0 unspecified atom stereocenters. The third kappa shape index (κ3) is 5.58. The Morgan fingerprint density at radius 3 is 2.37 bits per heavy atom. The molecular formula is C19H19BrF2N2O2S. The highest BCUT2D eigenvalue weighted by Crippen LogP contribution is 2.24. The second-order valence-electron chi connectivity index (χ2n) is 6.68. The van der Waals surface area contributed by atoms with Crippen molar-refractivity contribution in [1.29, 1.82) is 0 Å². The number of nitrogens with zero attached hydrogens (tertiary/aromatic N) is 1. The summed E-state index contributed by atoms with van der Waals surface area (Å²) in [6.07, 6.45) is 1.29. The van der Waals surface area contributed by atoms with Gasteiger partial charge in [0.05, 0.1) is 11.7 Å². The van der Waals surface area contributed by atoms with E-state index in [2.05, 4.69) is 32.8 Å². The molecule has 4 nitrogen and oxygen atoms in total. The Kier molecular flexibility index (Phi) is 6.40. The number of benzene rings is 1. The predicted molar refractivity (Wildman–Crippen MR) is 105 cm³/mol. The molecule has 2 N–H and O–H groups in total. The average Bonchev–Trinajstić information content (AvgIpc) is 2.51. The van der Waals surface area contributed by atoms with E-state index in [0.717, 1.165) is 12.3 Å². The molecule has 1 heterocycles. The van der Waals surface area contributed by atoms with Crippen LogP contribution >= 0.6 is 15.9 Å². The Labute approximate surface area is 166 Å². The molecule has 27 heavy (non-hydrogen) atoms. The van der Waals surface area contributed by atoms with E-state index in [0.29, 0.717) is 21.4 Å². The number of aromatic nitrogens is 1. The Balaban J connectivity index is 2.32. The smallest absolute Gasteiger partial charge is 0.163 e. The molecule has 1 aromatic carbocycles. The third-order valence-corrected chi connectivity index (χ3v) is 6.65. The lowest BCUT2D eigenvalue weighted by Gasteiger charge is -2.15. The van der Waals surface area contributed by atoms with Gasteiger partial charge in [-0.2, -0.15) is 0 Å². The number of hydrogen-bond acceptors (Lipinski definition) is 4.